The van der Waals surface area contributed by atoms with Gasteiger partial charge >= 0.3 is 0 Å². The molecule has 2 aliphatic carbocycles. The quantitative estimate of drug-likeness (QED) is 0.617. The molecule has 0 aromatic rings. The Kier molecular flexibility index (Phi) is 4.60. The summed E-state index contributed by atoms with van der Waals surface area (Å²) in [5, 5.41) is 8.96. The average molecular weight is 264 g/mol. The Bertz CT molecular complexity index is 323. The number of unbranched alkanes of at least 4 members (excludes halogenated alkanes) is 1. The minimum absolute atomic E-state index is 0.326. The molecule has 0 spiro atoms. The zero-order valence-electron chi connectivity index (χ0n) is 12.0. The van der Waals surface area contributed by atoms with Gasteiger partial charge in [-0.1, -0.05) is 24.5 Å². The summed E-state index contributed by atoms with van der Waals surface area (Å²) in [6, 6.07) is 0. The van der Waals surface area contributed by atoms with Crippen molar-refractivity contribution in [2.45, 2.75) is 76.4 Å². The van der Waals surface area contributed by atoms with E-state index in [4.69, 9.17) is 9.84 Å². The third-order valence-corrected chi connectivity index (χ3v) is 5.35. The van der Waals surface area contributed by atoms with Gasteiger partial charge in [-0.15, -0.1) is 0 Å². The second-order valence-corrected chi connectivity index (χ2v) is 6.56. The van der Waals surface area contributed by atoms with E-state index in [1.54, 1.807) is 5.57 Å². The SMILES string of the molecule is OCCCC[C@@H]1O[C@H]2CCCC[C@H]2C2=CCCC[C@H]21. The molecule has 0 unspecified atom stereocenters. The Morgan fingerprint density at radius 2 is 1.89 bits per heavy atom. The normalized spacial score (nSPS) is 38.3. The Labute approximate surface area is 117 Å². The van der Waals surface area contributed by atoms with Crippen LogP contribution in [0.5, 0.6) is 0 Å². The summed E-state index contributed by atoms with van der Waals surface area (Å²) in [5.41, 5.74) is 1.76. The highest BCUT2D eigenvalue weighted by molar-refractivity contribution is 5.20. The molecule has 19 heavy (non-hydrogen) atoms. The maximum absolute atomic E-state index is 8.96. The zero-order chi connectivity index (χ0) is 13.1. The highest BCUT2D eigenvalue weighted by Gasteiger charge is 2.42. The van der Waals surface area contributed by atoms with Crippen LogP contribution >= 0.6 is 0 Å². The van der Waals surface area contributed by atoms with Gasteiger partial charge in [-0.3, -0.25) is 0 Å². The van der Waals surface area contributed by atoms with Gasteiger partial charge in [0.05, 0.1) is 12.2 Å². The predicted molar refractivity (Wildman–Crippen MR) is 77.0 cm³/mol. The van der Waals surface area contributed by atoms with E-state index in [1.807, 2.05) is 0 Å². The molecule has 1 N–H and O–H groups in total. The van der Waals surface area contributed by atoms with Crippen molar-refractivity contribution in [3.8, 4) is 0 Å². The van der Waals surface area contributed by atoms with Gasteiger partial charge in [-0.25, -0.2) is 0 Å². The van der Waals surface area contributed by atoms with Crippen LogP contribution in [0.3, 0.4) is 0 Å². The van der Waals surface area contributed by atoms with Crippen LogP contribution in [-0.4, -0.2) is 23.9 Å². The number of aliphatic hydroxyl groups is 1. The molecule has 2 heteroatoms. The number of allylic oxidation sites excluding steroid dienone is 1. The summed E-state index contributed by atoms with van der Waals surface area (Å²) >= 11 is 0. The third-order valence-electron chi connectivity index (χ3n) is 5.35. The van der Waals surface area contributed by atoms with Gasteiger partial charge in [-0.2, -0.15) is 0 Å². The van der Waals surface area contributed by atoms with Gasteiger partial charge in [0.25, 0.3) is 0 Å². The molecule has 2 nitrogen and oxygen atoms in total. The first-order valence-corrected chi connectivity index (χ1v) is 8.36. The van der Waals surface area contributed by atoms with E-state index in [2.05, 4.69) is 6.08 Å². The maximum Gasteiger partial charge on any atom is 0.0644 e. The highest BCUT2D eigenvalue weighted by atomic mass is 16.5. The second-order valence-electron chi connectivity index (χ2n) is 6.56. The van der Waals surface area contributed by atoms with Crippen molar-refractivity contribution in [2.24, 2.45) is 11.8 Å². The number of hydrogen-bond donors (Lipinski definition) is 1. The van der Waals surface area contributed by atoms with Gasteiger partial charge in [0.2, 0.25) is 0 Å². The van der Waals surface area contributed by atoms with E-state index in [1.165, 1.54) is 44.9 Å². The Balaban J connectivity index is 1.71. The number of hydrogen-bond acceptors (Lipinski definition) is 2. The molecule has 1 heterocycles. The lowest BCUT2D eigenvalue weighted by atomic mass is 9.68. The summed E-state index contributed by atoms with van der Waals surface area (Å²) in [7, 11) is 0. The second kappa shape index (κ2) is 6.41. The van der Waals surface area contributed by atoms with E-state index in [0.717, 1.165) is 25.2 Å². The first-order chi connectivity index (χ1) is 9.40. The fraction of sp³-hybridized carbons (Fsp3) is 0.882. The van der Waals surface area contributed by atoms with Crippen LogP contribution in [0.15, 0.2) is 11.6 Å². The smallest absolute Gasteiger partial charge is 0.0644 e. The molecule has 0 amide bonds. The van der Waals surface area contributed by atoms with Gasteiger partial charge < -0.3 is 9.84 Å². The highest BCUT2D eigenvalue weighted by Crippen LogP contribution is 2.46. The van der Waals surface area contributed by atoms with Crippen LogP contribution in [0.1, 0.15) is 64.2 Å². The predicted octanol–water partition coefficient (Wildman–Crippen LogP) is 3.83. The van der Waals surface area contributed by atoms with Crippen LogP contribution in [0.25, 0.3) is 0 Å². The van der Waals surface area contributed by atoms with Crippen LogP contribution in [-0.2, 0) is 4.74 Å². The zero-order valence-corrected chi connectivity index (χ0v) is 12.0. The van der Waals surface area contributed by atoms with Gasteiger partial charge in [-0.05, 0) is 51.4 Å². The molecule has 1 saturated heterocycles. The van der Waals surface area contributed by atoms with Crippen molar-refractivity contribution in [2.75, 3.05) is 6.61 Å². The molecule has 3 rings (SSSR count). The number of ether oxygens (including phenoxy) is 1. The molecule has 0 aromatic carbocycles. The van der Waals surface area contributed by atoms with Crippen LogP contribution in [0, 0.1) is 11.8 Å². The molecule has 0 radical (unpaired) electrons. The lowest BCUT2D eigenvalue weighted by molar-refractivity contribution is -0.107. The van der Waals surface area contributed by atoms with Crippen molar-refractivity contribution in [3.05, 3.63) is 11.6 Å². The summed E-state index contributed by atoms with van der Waals surface area (Å²) in [6.07, 6.45) is 16.0. The monoisotopic (exact) mass is 264 g/mol. The summed E-state index contributed by atoms with van der Waals surface area (Å²) in [6.45, 7) is 0.326. The number of aliphatic hydroxyl groups excluding tert-OH is 1. The van der Waals surface area contributed by atoms with Gasteiger partial charge in [0.1, 0.15) is 0 Å². The fourth-order valence-corrected chi connectivity index (χ4v) is 4.44. The number of fused-ring (bicyclic) bond motifs is 3. The van der Waals surface area contributed by atoms with Crippen molar-refractivity contribution in [3.63, 3.8) is 0 Å². The lowest BCUT2D eigenvalue weighted by Crippen LogP contribution is -2.45. The van der Waals surface area contributed by atoms with E-state index in [0.29, 0.717) is 24.7 Å². The van der Waals surface area contributed by atoms with E-state index < -0.39 is 0 Å². The molecular formula is C17H28O2. The Morgan fingerprint density at radius 3 is 2.79 bits per heavy atom. The Hall–Kier alpha value is -0.340. The molecule has 1 aliphatic heterocycles. The lowest BCUT2D eigenvalue weighted by Gasteiger charge is -2.47. The molecular weight excluding hydrogens is 236 g/mol. The molecule has 108 valence electrons. The first-order valence-electron chi connectivity index (χ1n) is 8.36. The molecule has 0 bridgehead atoms. The van der Waals surface area contributed by atoms with Crippen LogP contribution in [0.4, 0.5) is 0 Å². The minimum Gasteiger partial charge on any atom is -0.396 e. The summed E-state index contributed by atoms with van der Waals surface area (Å²) < 4.78 is 6.48. The molecule has 2 fully saturated rings. The Morgan fingerprint density at radius 1 is 1.05 bits per heavy atom. The third kappa shape index (κ3) is 2.90. The molecule has 4 atom stereocenters. The fourth-order valence-electron chi connectivity index (χ4n) is 4.44. The number of rotatable bonds is 4. The van der Waals surface area contributed by atoms with Crippen molar-refractivity contribution in [1.82, 2.24) is 0 Å². The summed E-state index contributed by atoms with van der Waals surface area (Å²) in [5.74, 6) is 1.44. The molecule has 0 aromatic heterocycles. The minimum atomic E-state index is 0.326. The van der Waals surface area contributed by atoms with Crippen molar-refractivity contribution >= 4 is 0 Å². The largest absolute Gasteiger partial charge is 0.396 e. The molecule has 1 saturated carbocycles. The van der Waals surface area contributed by atoms with Crippen molar-refractivity contribution in [1.29, 1.82) is 0 Å². The van der Waals surface area contributed by atoms with E-state index in [-0.39, 0.29) is 0 Å². The van der Waals surface area contributed by atoms with Crippen molar-refractivity contribution < 1.29 is 9.84 Å². The average Bonchev–Trinajstić information content (AvgIpc) is 2.47. The standard InChI is InChI=1S/C17H28O2/c18-12-6-5-11-17-14-8-2-1-7-13(14)15-9-3-4-10-16(15)19-17/h7,14-18H,1-6,8-12H2/t14-,15+,16+,17+/m1/s1. The summed E-state index contributed by atoms with van der Waals surface area (Å²) in [4.78, 5) is 0. The van der Waals surface area contributed by atoms with Gasteiger partial charge in [0.15, 0.2) is 0 Å². The van der Waals surface area contributed by atoms with Gasteiger partial charge in [0, 0.05) is 18.4 Å². The van der Waals surface area contributed by atoms with Crippen LogP contribution in [0.2, 0.25) is 0 Å². The van der Waals surface area contributed by atoms with E-state index >= 15 is 0 Å². The van der Waals surface area contributed by atoms with E-state index in [9.17, 15) is 0 Å². The maximum atomic E-state index is 8.96. The topological polar surface area (TPSA) is 29.5 Å². The first kappa shape index (κ1) is 13.6. The van der Waals surface area contributed by atoms with Crippen LogP contribution < -0.4 is 0 Å². The molecule has 3 aliphatic rings.